The lowest BCUT2D eigenvalue weighted by atomic mass is 10.1. The zero-order chi connectivity index (χ0) is 22.7. The third kappa shape index (κ3) is 4.63. The molecule has 1 amide bonds. The molecular formula is C20H20Cl2N6O3. The predicted octanol–water partition coefficient (Wildman–Crippen LogP) is 3.06. The molecule has 4 N–H and O–H groups in total. The second kappa shape index (κ2) is 9.34. The van der Waals surface area contributed by atoms with E-state index < -0.39 is 11.5 Å². The number of benzene rings is 1. The molecule has 0 unspecified atom stereocenters. The summed E-state index contributed by atoms with van der Waals surface area (Å²) in [5.41, 5.74) is 6.18. The molecule has 0 saturated heterocycles. The molecular weight excluding hydrogens is 443 g/mol. The maximum atomic E-state index is 13.1. The fourth-order valence-corrected chi connectivity index (χ4v) is 3.50. The number of amides is 1. The topological polar surface area (TPSA) is 124 Å². The minimum Gasteiger partial charge on any atom is -0.497 e. The lowest BCUT2D eigenvalue weighted by molar-refractivity contribution is 0.102. The van der Waals surface area contributed by atoms with Gasteiger partial charge in [0.2, 0.25) is 0 Å². The van der Waals surface area contributed by atoms with Crippen LogP contribution < -0.4 is 26.7 Å². The summed E-state index contributed by atoms with van der Waals surface area (Å²) < 4.78 is 6.18. The first kappa shape index (κ1) is 22.5. The quantitative estimate of drug-likeness (QED) is 0.513. The van der Waals surface area contributed by atoms with E-state index in [2.05, 4.69) is 20.6 Å². The smallest absolute Gasteiger partial charge is 0.273 e. The Hall–Kier alpha value is -3.14. The van der Waals surface area contributed by atoms with Crippen molar-refractivity contribution in [3.63, 3.8) is 0 Å². The first-order valence-electron chi connectivity index (χ1n) is 9.10. The van der Waals surface area contributed by atoms with Crippen molar-refractivity contribution in [1.29, 1.82) is 0 Å². The summed E-state index contributed by atoms with van der Waals surface area (Å²) >= 11 is 12.6. The van der Waals surface area contributed by atoms with Crippen LogP contribution in [0.5, 0.6) is 5.75 Å². The minimum atomic E-state index is -0.735. The van der Waals surface area contributed by atoms with Crippen molar-refractivity contribution < 1.29 is 9.53 Å². The van der Waals surface area contributed by atoms with Crippen LogP contribution in [0.3, 0.4) is 0 Å². The number of rotatable bonds is 6. The largest absolute Gasteiger partial charge is 0.497 e. The fraction of sp³-hybridized carbons (Fsp3) is 0.200. The van der Waals surface area contributed by atoms with Crippen molar-refractivity contribution >= 4 is 40.6 Å². The lowest BCUT2D eigenvalue weighted by Gasteiger charge is -2.14. The van der Waals surface area contributed by atoms with Crippen LogP contribution in [0, 0.1) is 0 Å². The molecule has 2 heterocycles. The Morgan fingerprint density at radius 3 is 2.52 bits per heavy atom. The first-order chi connectivity index (χ1) is 14.8. The predicted molar refractivity (Wildman–Crippen MR) is 120 cm³/mol. The fourth-order valence-electron chi connectivity index (χ4n) is 2.85. The van der Waals surface area contributed by atoms with Gasteiger partial charge in [-0.3, -0.25) is 19.1 Å². The Labute approximate surface area is 188 Å². The van der Waals surface area contributed by atoms with Crippen molar-refractivity contribution in [1.82, 2.24) is 19.9 Å². The summed E-state index contributed by atoms with van der Waals surface area (Å²) in [6, 6.07) is 4.75. The number of methoxy groups -OCH3 is 1. The Bertz CT molecular complexity index is 1170. The van der Waals surface area contributed by atoms with E-state index in [9.17, 15) is 9.59 Å². The molecule has 162 valence electrons. The van der Waals surface area contributed by atoms with E-state index >= 15 is 0 Å². The molecule has 0 aliphatic rings. The number of nitrogen functional groups attached to an aromatic ring is 1. The van der Waals surface area contributed by atoms with Gasteiger partial charge in [0.25, 0.3) is 11.5 Å². The zero-order valence-corrected chi connectivity index (χ0v) is 18.5. The number of carbonyl (C=O) groups excluding carboxylic acids is 1. The van der Waals surface area contributed by atoms with Crippen LogP contribution in [0.15, 0.2) is 41.7 Å². The maximum absolute atomic E-state index is 13.1. The third-order valence-corrected chi connectivity index (χ3v) is 5.22. The van der Waals surface area contributed by atoms with E-state index in [1.54, 1.807) is 12.3 Å². The molecule has 3 rings (SSSR count). The molecule has 0 radical (unpaired) electrons. The highest BCUT2D eigenvalue weighted by atomic mass is 35.5. The number of nitrogens with one attached hydrogen (secondary N) is 2. The van der Waals surface area contributed by atoms with Crippen molar-refractivity contribution in [2.24, 2.45) is 0 Å². The van der Waals surface area contributed by atoms with Gasteiger partial charge in [0, 0.05) is 24.4 Å². The number of nitrogens with two attached hydrogens (primary N) is 1. The van der Waals surface area contributed by atoms with Crippen molar-refractivity contribution in [2.45, 2.75) is 13.0 Å². The van der Waals surface area contributed by atoms with Gasteiger partial charge < -0.3 is 21.1 Å². The molecule has 1 atom stereocenters. The van der Waals surface area contributed by atoms with Gasteiger partial charge in [-0.05, 0) is 25.6 Å². The minimum absolute atomic E-state index is 0.0180. The SMILES string of the molecule is CN[C@@H](C)c1cncc(NC(=O)c2c(N)ncn(-c3c(Cl)cc(OC)cc3Cl)c2=O)c1. The molecule has 0 aliphatic carbocycles. The summed E-state index contributed by atoms with van der Waals surface area (Å²) in [5.74, 6) is -0.551. The molecule has 0 bridgehead atoms. The van der Waals surface area contributed by atoms with Gasteiger partial charge >= 0.3 is 0 Å². The molecule has 31 heavy (non-hydrogen) atoms. The number of hydrogen-bond donors (Lipinski definition) is 3. The molecule has 9 nitrogen and oxygen atoms in total. The van der Waals surface area contributed by atoms with Crippen LogP contribution in [-0.2, 0) is 0 Å². The Kier molecular flexibility index (Phi) is 6.79. The second-order valence-electron chi connectivity index (χ2n) is 6.59. The molecule has 3 aromatic rings. The van der Waals surface area contributed by atoms with Gasteiger partial charge in [-0.15, -0.1) is 0 Å². The molecule has 1 aromatic carbocycles. The lowest BCUT2D eigenvalue weighted by Crippen LogP contribution is -2.31. The van der Waals surface area contributed by atoms with Crippen LogP contribution in [0.4, 0.5) is 11.5 Å². The molecule has 0 fully saturated rings. The Morgan fingerprint density at radius 1 is 1.23 bits per heavy atom. The van der Waals surface area contributed by atoms with Gasteiger partial charge in [0.05, 0.1) is 34.7 Å². The average Bonchev–Trinajstić information content (AvgIpc) is 2.74. The van der Waals surface area contributed by atoms with Crippen LogP contribution in [0.1, 0.15) is 28.9 Å². The van der Waals surface area contributed by atoms with E-state index in [-0.39, 0.29) is 33.2 Å². The van der Waals surface area contributed by atoms with E-state index in [1.807, 2.05) is 14.0 Å². The standard InChI is InChI=1S/C20H20Cl2N6O3/c1-10(24-2)11-4-12(8-25-7-11)27-19(29)16-18(23)26-9-28(20(16)30)17-14(21)5-13(31-3)6-15(17)22/h4-10,24H,23H2,1-3H3,(H,27,29)/t10-/m0/s1. The number of halogens is 2. The van der Waals surface area contributed by atoms with Crippen molar-refractivity contribution in [2.75, 3.05) is 25.2 Å². The molecule has 0 saturated carbocycles. The highest BCUT2D eigenvalue weighted by molar-refractivity contribution is 6.38. The van der Waals surface area contributed by atoms with Gasteiger partial charge in [0.15, 0.2) is 0 Å². The molecule has 2 aromatic heterocycles. The third-order valence-electron chi connectivity index (χ3n) is 4.65. The van der Waals surface area contributed by atoms with E-state index in [4.69, 9.17) is 33.7 Å². The van der Waals surface area contributed by atoms with Crippen molar-refractivity contribution in [3.8, 4) is 11.4 Å². The van der Waals surface area contributed by atoms with Crippen LogP contribution in [0.2, 0.25) is 10.0 Å². The second-order valence-corrected chi connectivity index (χ2v) is 7.41. The summed E-state index contributed by atoms with van der Waals surface area (Å²) in [6.07, 6.45) is 4.30. The van der Waals surface area contributed by atoms with Crippen LogP contribution in [-0.4, -0.2) is 34.6 Å². The van der Waals surface area contributed by atoms with E-state index in [1.165, 1.54) is 25.4 Å². The van der Waals surface area contributed by atoms with Gasteiger partial charge in [-0.2, -0.15) is 0 Å². The van der Waals surface area contributed by atoms with Crippen LogP contribution >= 0.6 is 23.2 Å². The zero-order valence-electron chi connectivity index (χ0n) is 16.9. The normalized spacial score (nSPS) is 11.8. The number of ether oxygens (including phenoxy) is 1. The Balaban J connectivity index is 2.02. The Morgan fingerprint density at radius 2 is 1.90 bits per heavy atom. The summed E-state index contributed by atoms with van der Waals surface area (Å²) in [6.45, 7) is 1.95. The molecule has 0 spiro atoms. The van der Waals surface area contributed by atoms with Gasteiger partial charge in [0.1, 0.15) is 23.5 Å². The summed E-state index contributed by atoms with van der Waals surface area (Å²) in [4.78, 5) is 34.1. The van der Waals surface area contributed by atoms with E-state index in [0.29, 0.717) is 11.4 Å². The number of pyridine rings is 1. The molecule has 11 heteroatoms. The van der Waals surface area contributed by atoms with E-state index in [0.717, 1.165) is 16.5 Å². The maximum Gasteiger partial charge on any atom is 0.273 e. The number of nitrogens with zero attached hydrogens (tertiary/aromatic N) is 3. The number of aromatic nitrogens is 3. The average molecular weight is 463 g/mol. The van der Waals surface area contributed by atoms with Gasteiger partial charge in [-0.1, -0.05) is 23.2 Å². The highest BCUT2D eigenvalue weighted by Gasteiger charge is 2.21. The molecule has 0 aliphatic heterocycles. The first-order valence-corrected chi connectivity index (χ1v) is 9.86. The number of hydrogen-bond acceptors (Lipinski definition) is 7. The van der Waals surface area contributed by atoms with Crippen LogP contribution in [0.25, 0.3) is 5.69 Å². The number of anilines is 2. The number of carbonyl (C=O) groups is 1. The summed E-state index contributed by atoms with van der Waals surface area (Å²) in [5, 5.41) is 6.01. The monoisotopic (exact) mass is 462 g/mol. The highest BCUT2D eigenvalue weighted by Crippen LogP contribution is 2.32. The van der Waals surface area contributed by atoms with Crippen molar-refractivity contribution in [3.05, 3.63) is 68.4 Å². The van der Waals surface area contributed by atoms with Gasteiger partial charge in [-0.25, -0.2) is 4.98 Å². The summed E-state index contributed by atoms with van der Waals surface area (Å²) in [7, 11) is 3.27.